The smallest absolute Gasteiger partial charge is 0.240 e. The molecule has 2 rings (SSSR count). The van der Waals surface area contributed by atoms with Crippen molar-refractivity contribution in [3.05, 3.63) is 29.8 Å². The number of sulfone groups is 1. The number of carbonyl (C=O) groups excluding carboxylic acids is 1. The Labute approximate surface area is 106 Å². The SMILES string of the molecule is CS(=O)(=O)c1ccc(CNC(=O)C2(N)CC2)cc1. The molecule has 1 amide bonds. The molecule has 1 aliphatic carbocycles. The fraction of sp³-hybridized carbons (Fsp3) is 0.417. The van der Waals surface area contributed by atoms with E-state index in [0.29, 0.717) is 6.54 Å². The lowest BCUT2D eigenvalue weighted by atomic mass is 10.2. The molecule has 1 saturated carbocycles. The van der Waals surface area contributed by atoms with Gasteiger partial charge in [-0.25, -0.2) is 8.42 Å². The molecule has 98 valence electrons. The van der Waals surface area contributed by atoms with Crippen LogP contribution < -0.4 is 11.1 Å². The number of nitrogens with two attached hydrogens (primary N) is 1. The van der Waals surface area contributed by atoms with E-state index in [1.807, 2.05) is 0 Å². The van der Waals surface area contributed by atoms with Crippen molar-refractivity contribution in [2.45, 2.75) is 29.8 Å². The summed E-state index contributed by atoms with van der Waals surface area (Å²) in [6, 6.07) is 6.44. The standard InChI is InChI=1S/C12H16N2O3S/c1-18(16,17)10-4-2-9(3-5-10)8-14-11(15)12(13)6-7-12/h2-5H,6-8,13H2,1H3,(H,14,15). The van der Waals surface area contributed by atoms with Crippen molar-refractivity contribution in [3.8, 4) is 0 Å². The Bertz CT molecular complexity index is 559. The molecule has 0 aromatic heterocycles. The first-order valence-corrected chi connectivity index (χ1v) is 7.57. The van der Waals surface area contributed by atoms with Crippen molar-refractivity contribution in [2.24, 2.45) is 5.73 Å². The molecule has 0 spiro atoms. The maximum absolute atomic E-state index is 11.6. The van der Waals surface area contributed by atoms with Crippen LogP contribution in [0.4, 0.5) is 0 Å². The maximum atomic E-state index is 11.6. The van der Waals surface area contributed by atoms with E-state index in [2.05, 4.69) is 5.32 Å². The fourth-order valence-electron chi connectivity index (χ4n) is 1.57. The van der Waals surface area contributed by atoms with Gasteiger partial charge in [0.05, 0.1) is 10.4 Å². The number of benzene rings is 1. The molecule has 1 aromatic rings. The molecule has 5 nitrogen and oxygen atoms in total. The highest BCUT2D eigenvalue weighted by Gasteiger charge is 2.45. The zero-order valence-corrected chi connectivity index (χ0v) is 11.0. The molecular weight excluding hydrogens is 252 g/mol. The summed E-state index contributed by atoms with van der Waals surface area (Å²) in [4.78, 5) is 11.9. The van der Waals surface area contributed by atoms with Gasteiger partial charge in [0.2, 0.25) is 5.91 Å². The van der Waals surface area contributed by atoms with E-state index in [4.69, 9.17) is 5.73 Å². The second-order valence-corrected chi connectivity index (χ2v) is 6.77. The van der Waals surface area contributed by atoms with Gasteiger partial charge in [-0.15, -0.1) is 0 Å². The van der Waals surface area contributed by atoms with Gasteiger partial charge in [0.25, 0.3) is 0 Å². The molecule has 18 heavy (non-hydrogen) atoms. The highest BCUT2D eigenvalue weighted by molar-refractivity contribution is 7.90. The van der Waals surface area contributed by atoms with Gasteiger partial charge in [-0.05, 0) is 30.5 Å². The molecule has 0 bridgehead atoms. The molecule has 1 aromatic carbocycles. The van der Waals surface area contributed by atoms with Gasteiger partial charge in [-0.1, -0.05) is 12.1 Å². The summed E-state index contributed by atoms with van der Waals surface area (Å²) >= 11 is 0. The van der Waals surface area contributed by atoms with E-state index < -0.39 is 15.4 Å². The van der Waals surface area contributed by atoms with Crippen LogP contribution in [0.5, 0.6) is 0 Å². The molecule has 0 saturated heterocycles. The van der Waals surface area contributed by atoms with Crippen LogP contribution in [0.1, 0.15) is 18.4 Å². The van der Waals surface area contributed by atoms with E-state index >= 15 is 0 Å². The van der Waals surface area contributed by atoms with Crippen LogP contribution in [0, 0.1) is 0 Å². The normalized spacial score (nSPS) is 17.2. The third kappa shape index (κ3) is 2.88. The quantitative estimate of drug-likeness (QED) is 0.816. The zero-order chi connectivity index (χ0) is 13.4. The van der Waals surface area contributed by atoms with Crippen LogP contribution >= 0.6 is 0 Å². The van der Waals surface area contributed by atoms with Crippen molar-refractivity contribution in [1.82, 2.24) is 5.32 Å². The molecule has 3 N–H and O–H groups in total. The first kappa shape index (κ1) is 13.0. The van der Waals surface area contributed by atoms with Crippen molar-refractivity contribution in [3.63, 3.8) is 0 Å². The Morgan fingerprint density at radius 3 is 2.33 bits per heavy atom. The fourth-order valence-corrected chi connectivity index (χ4v) is 2.21. The number of carbonyl (C=O) groups is 1. The van der Waals surface area contributed by atoms with E-state index in [0.717, 1.165) is 24.7 Å². The molecule has 0 heterocycles. The Hall–Kier alpha value is -1.40. The Balaban J connectivity index is 1.97. The van der Waals surface area contributed by atoms with Gasteiger partial charge in [0, 0.05) is 12.8 Å². The highest BCUT2D eigenvalue weighted by atomic mass is 32.2. The Morgan fingerprint density at radius 2 is 1.89 bits per heavy atom. The van der Waals surface area contributed by atoms with Crippen LogP contribution in [0.25, 0.3) is 0 Å². The largest absolute Gasteiger partial charge is 0.350 e. The second-order valence-electron chi connectivity index (χ2n) is 4.75. The van der Waals surface area contributed by atoms with Gasteiger partial charge < -0.3 is 11.1 Å². The summed E-state index contributed by atoms with van der Waals surface area (Å²) < 4.78 is 22.5. The van der Waals surface area contributed by atoms with Crippen LogP contribution in [-0.4, -0.2) is 26.1 Å². The van der Waals surface area contributed by atoms with Gasteiger partial charge in [-0.3, -0.25) is 4.79 Å². The lowest BCUT2D eigenvalue weighted by molar-refractivity contribution is -0.123. The maximum Gasteiger partial charge on any atom is 0.240 e. The van der Waals surface area contributed by atoms with Crippen molar-refractivity contribution >= 4 is 15.7 Å². The Kier molecular flexibility index (Phi) is 3.16. The Morgan fingerprint density at radius 1 is 1.33 bits per heavy atom. The number of hydrogen-bond donors (Lipinski definition) is 2. The number of rotatable bonds is 4. The van der Waals surface area contributed by atoms with E-state index in [9.17, 15) is 13.2 Å². The monoisotopic (exact) mass is 268 g/mol. The molecule has 0 unspecified atom stereocenters. The van der Waals surface area contributed by atoms with Crippen molar-refractivity contribution in [1.29, 1.82) is 0 Å². The molecule has 1 aliphatic rings. The van der Waals surface area contributed by atoms with Crippen molar-refractivity contribution < 1.29 is 13.2 Å². The minimum Gasteiger partial charge on any atom is -0.350 e. The topological polar surface area (TPSA) is 89.3 Å². The summed E-state index contributed by atoms with van der Waals surface area (Å²) in [7, 11) is -3.17. The van der Waals surface area contributed by atoms with E-state index in [1.165, 1.54) is 12.1 Å². The van der Waals surface area contributed by atoms with E-state index in [-0.39, 0.29) is 10.8 Å². The predicted octanol–water partition coefficient (Wildman–Crippen LogP) is 0.198. The molecule has 1 fully saturated rings. The molecule has 6 heteroatoms. The molecule has 0 atom stereocenters. The molecule has 0 radical (unpaired) electrons. The third-order valence-electron chi connectivity index (χ3n) is 3.05. The minimum absolute atomic E-state index is 0.144. The highest BCUT2D eigenvalue weighted by Crippen LogP contribution is 2.32. The van der Waals surface area contributed by atoms with Crippen LogP contribution in [-0.2, 0) is 21.2 Å². The zero-order valence-electron chi connectivity index (χ0n) is 10.1. The first-order chi connectivity index (χ1) is 8.31. The van der Waals surface area contributed by atoms with Gasteiger partial charge in [0.15, 0.2) is 9.84 Å². The molecule has 0 aliphatic heterocycles. The van der Waals surface area contributed by atoms with Gasteiger partial charge in [0.1, 0.15) is 0 Å². The number of hydrogen-bond acceptors (Lipinski definition) is 4. The second kappa shape index (κ2) is 4.37. The summed E-state index contributed by atoms with van der Waals surface area (Å²) in [6.45, 7) is 0.363. The number of nitrogens with one attached hydrogen (secondary N) is 1. The first-order valence-electron chi connectivity index (χ1n) is 5.67. The van der Waals surface area contributed by atoms with Crippen LogP contribution in [0.3, 0.4) is 0 Å². The molecular formula is C12H16N2O3S. The van der Waals surface area contributed by atoms with Gasteiger partial charge in [-0.2, -0.15) is 0 Å². The third-order valence-corrected chi connectivity index (χ3v) is 4.17. The van der Waals surface area contributed by atoms with Crippen LogP contribution in [0.2, 0.25) is 0 Å². The summed E-state index contributed by atoms with van der Waals surface area (Å²) in [6.07, 6.45) is 2.62. The minimum atomic E-state index is -3.17. The van der Waals surface area contributed by atoms with Gasteiger partial charge >= 0.3 is 0 Å². The summed E-state index contributed by atoms with van der Waals surface area (Å²) in [5, 5.41) is 2.75. The number of amides is 1. The van der Waals surface area contributed by atoms with Crippen molar-refractivity contribution in [2.75, 3.05) is 6.26 Å². The predicted molar refractivity (Wildman–Crippen MR) is 67.6 cm³/mol. The average molecular weight is 268 g/mol. The van der Waals surface area contributed by atoms with E-state index in [1.54, 1.807) is 12.1 Å². The summed E-state index contributed by atoms with van der Waals surface area (Å²) in [5.74, 6) is -0.144. The lowest BCUT2D eigenvalue weighted by Crippen LogP contribution is -2.42. The lowest BCUT2D eigenvalue weighted by Gasteiger charge is -2.10. The average Bonchev–Trinajstić information content (AvgIpc) is 3.05. The van der Waals surface area contributed by atoms with Crippen LogP contribution in [0.15, 0.2) is 29.2 Å². The summed E-state index contributed by atoms with van der Waals surface area (Å²) in [5.41, 5.74) is 5.92.